The van der Waals surface area contributed by atoms with Gasteiger partial charge in [-0.05, 0) is 12.8 Å². The second-order valence-electron chi connectivity index (χ2n) is 5.34. The van der Waals surface area contributed by atoms with E-state index in [1.807, 2.05) is 0 Å². The fraction of sp³-hybridized carbons (Fsp3) is 0.462. The van der Waals surface area contributed by atoms with Crippen LogP contribution in [0, 0.1) is 10.4 Å². The third-order valence-corrected chi connectivity index (χ3v) is 3.63. The third-order valence-electron chi connectivity index (χ3n) is 3.63. The average molecular weight is 312 g/mol. The lowest BCUT2D eigenvalue weighted by Crippen LogP contribution is -3.00. The van der Waals surface area contributed by atoms with Gasteiger partial charge in [0.1, 0.15) is 0 Å². The van der Waals surface area contributed by atoms with E-state index in [2.05, 4.69) is 10.6 Å². The fourth-order valence-corrected chi connectivity index (χ4v) is 2.55. The highest BCUT2D eigenvalue weighted by Gasteiger charge is 2.17. The van der Waals surface area contributed by atoms with Crippen LogP contribution in [0.3, 0.4) is 0 Å². The van der Waals surface area contributed by atoms with Crippen molar-refractivity contribution in [3.05, 3.63) is 28.6 Å². The second kappa shape index (κ2) is 7.49. The van der Waals surface area contributed by atoms with Crippen molar-refractivity contribution in [2.45, 2.75) is 38.1 Å². The normalized spacial score (nSPS) is 18.5. The fourth-order valence-electron chi connectivity index (χ4n) is 2.55. The summed E-state index contributed by atoms with van der Waals surface area (Å²) in [6.07, 6.45) is 5.15. The molecule has 9 heteroatoms. The summed E-state index contributed by atoms with van der Waals surface area (Å²) in [5, 5.41) is 42.8. The minimum absolute atomic E-state index is 0.107. The Kier molecular flexibility index (Phi) is 5.66. The van der Waals surface area contributed by atoms with Crippen molar-refractivity contribution in [1.29, 1.82) is 0 Å². The number of amides is 2. The monoisotopic (exact) mass is 312 g/mol. The maximum atomic E-state index is 11.9. The summed E-state index contributed by atoms with van der Waals surface area (Å²) in [7, 11) is 0. The quantitative estimate of drug-likeness (QED) is 0.433. The summed E-state index contributed by atoms with van der Waals surface area (Å²) in [6.45, 7) is 0. The second-order valence-corrected chi connectivity index (χ2v) is 5.34. The van der Waals surface area contributed by atoms with E-state index in [-0.39, 0.29) is 23.1 Å². The Morgan fingerprint density at radius 1 is 1.05 bits per heavy atom. The zero-order valence-corrected chi connectivity index (χ0v) is 12.0. The first-order chi connectivity index (χ1) is 10.5. The van der Waals surface area contributed by atoms with Crippen LogP contribution in [0.2, 0.25) is 0 Å². The van der Waals surface area contributed by atoms with E-state index in [0.717, 1.165) is 31.7 Å². The van der Waals surface area contributed by atoms with Gasteiger partial charge >= 0.3 is 6.03 Å². The molecule has 6 N–H and O–H groups in total. The van der Waals surface area contributed by atoms with Crippen LogP contribution in [0.25, 0.3) is 0 Å². The highest BCUT2D eigenvalue weighted by Crippen LogP contribution is 2.19. The number of hydrogen-bond donors (Lipinski definition) is 6. The number of urea groups is 1. The molecule has 0 aliphatic heterocycles. The molecule has 0 bridgehead atoms. The Balaban J connectivity index is 2.05. The van der Waals surface area contributed by atoms with Crippen molar-refractivity contribution in [3.63, 3.8) is 0 Å². The highest BCUT2D eigenvalue weighted by atomic mass is 16.8. The van der Waals surface area contributed by atoms with Gasteiger partial charge in [-0.15, -0.1) is 0 Å². The molecule has 0 radical (unpaired) electrons. The van der Waals surface area contributed by atoms with Gasteiger partial charge in [-0.1, -0.05) is 19.3 Å². The van der Waals surface area contributed by atoms with Crippen LogP contribution in [-0.4, -0.2) is 22.5 Å². The molecule has 2 unspecified atom stereocenters. The molecule has 2 atom stereocenters. The van der Waals surface area contributed by atoms with Crippen molar-refractivity contribution < 1.29 is 25.7 Å². The van der Waals surface area contributed by atoms with Crippen molar-refractivity contribution in [1.82, 2.24) is 5.32 Å². The summed E-state index contributed by atoms with van der Waals surface area (Å²) < 4.78 is 0. The van der Waals surface area contributed by atoms with E-state index >= 15 is 0 Å². The summed E-state index contributed by atoms with van der Waals surface area (Å²) in [4.78, 5) is 11.9. The van der Waals surface area contributed by atoms with Crippen molar-refractivity contribution in [2.75, 3.05) is 5.32 Å². The summed E-state index contributed by atoms with van der Waals surface area (Å²) in [6, 6.07) is 3.17. The highest BCUT2D eigenvalue weighted by molar-refractivity contribution is 5.90. The third kappa shape index (κ3) is 4.63. The molecule has 2 rings (SSSR count). The first kappa shape index (κ1) is 16.6. The molecular weight excluding hydrogens is 292 g/mol. The predicted molar refractivity (Wildman–Crippen MR) is 77.0 cm³/mol. The summed E-state index contributed by atoms with van der Waals surface area (Å²) in [5.41, 5.74) is -0.230. The molecule has 0 saturated heterocycles. The number of benzene rings is 1. The molecule has 1 aromatic rings. The van der Waals surface area contributed by atoms with Crippen LogP contribution < -0.4 is 21.1 Å². The van der Waals surface area contributed by atoms with Crippen LogP contribution in [-0.2, 0) is 0 Å². The van der Waals surface area contributed by atoms with Gasteiger partial charge in [0, 0.05) is 18.2 Å². The van der Waals surface area contributed by atoms with Crippen LogP contribution >= 0.6 is 0 Å². The van der Waals surface area contributed by atoms with E-state index in [1.54, 1.807) is 0 Å². The van der Waals surface area contributed by atoms with Crippen molar-refractivity contribution in [2.24, 2.45) is 0 Å². The number of carbonyl (C=O) groups is 1. The van der Waals surface area contributed by atoms with Crippen molar-refractivity contribution in [3.8, 4) is 0 Å². The Labute approximate surface area is 127 Å². The predicted octanol–water partition coefficient (Wildman–Crippen LogP) is -0.0524. The minimum Gasteiger partial charge on any atom is -0.595 e. The maximum absolute atomic E-state index is 11.9. The number of hydrogen-bond acceptors (Lipinski definition) is 5. The smallest absolute Gasteiger partial charge is 0.319 e. The maximum Gasteiger partial charge on any atom is 0.319 e. The zero-order chi connectivity index (χ0) is 16.1. The molecular formula is C13H20N4O5. The van der Waals surface area contributed by atoms with Crippen LogP contribution in [0.4, 0.5) is 21.9 Å². The summed E-state index contributed by atoms with van der Waals surface area (Å²) in [5.74, 6) is 0. The number of rotatable bonds is 4. The van der Waals surface area contributed by atoms with Gasteiger partial charge < -0.3 is 21.0 Å². The molecule has 2 amide bonds. The lowest BCUT2D eigenvalue weighted by molar-refractivity contribution is -0.996. The van der Waals surface area contributed by atoms with E-state index < -0.39 is 16.5 Å². The SMILES string of the molecule is O=C(Nc1cc([NH+]([O-])O)cc([NH+]([O-])O)c1)NC1CCCCC1. The van der Waals surface area contributed by atoms with Gasteiger partial charge in [0.15, 0.2) is 11.4 Å². The molecule has 0 aromatic heterocycles. The number of quaternary nitrogens is 2. The Morgan fingerprint density at radius 3 is 2.09 bits per heavy atom. The van der Waals surface area contributed by atoms with E-state index in [1.165, 1.54) is 18.6 Å². The lowest BCUT2D eigenvalue weighted by atomic mass is 9.96. The molecule has 1 aliphatic rings. The topological polar surface area (TPSA) is 137 Å². The van der Waals surface area contributed by atoms with Gasteiger partial charge in [-0.3, -0.25) is 0 Å². The minimum atomic E-state index is -1.25. The molecule has 1 fully saturated rings. The van der Waals surface area contributed by atoms with Gasteiger partial charge in [-0.2, -0.15) is 10.5 Å². The molecule has 122 valence electrons. The molecule has 0 heterocycles. The van der Waals surface area contributed by atoms with Gasteiger partial charge in [-0.25, -0.2) is 15.2 Å². The molecule has 0 spiro atoms. The van der Waals surface area contributed by atoms with E-state index in [0.29, 0.717) is 0 Å². The van der Waals surface area contributed by atoms with E-state index in [9.17, 15) is 15.2 Å². The van der Waals surface area contributed by atoms with Crippen molar-refractivity contribution >= 4 is 23.1 Å². The Bertz CT molecular complexity index is 491. The number of nitrogens with one attached hydrogen (secondary N) is 4. The van der Waals surface area contributed by atoms with E-state index in [4.69, 9.17) is 10.4 Å². The van der Waals surface area contributed by atoms with Gasteiger partial charge in [0.25, 0.3) is 0 Å². The number of anilines is 1. The standard InChI is InChI=1S/C13H20N4O5/c18-13(14-9-4-2-1-3-5-9)15-10-6-11(16(19)20)8-12(7-10)17(21)22/h6-9,16-17,19,21H,1-5H2,(H2,14,15,18). The van der Waals surface area contributed by atoms with Gasteiger partial charge in [0.05, 0.1) is 11.8 Å². The number of carbonyl (C=O) groups excluding carboxylic acids is 1. The average Bonchev–Trinajstić information content (AvgIpc) is 2.47. The molecule has 1 saturated carbocycles. The lowest BCUT2D eigenvalue weighted by Gasteiger charge is -2.23. The van der Waals surface area contributed by atoms with Crippen LogP contribution in [0.1, 0.15) is 32.1 Å². The molecule has 22 heavy (non-hydrogen) atoms. The molecule has 1 aliphatic carbocycles. The molecule has 9 nitrogen and oxygen atoms in total. The molecule has 1 aromatic carbocycles. The van der Waals surface area contributed by atoms with Crippen LogP contribution in [0.15, 0.2) is 18.2 Å². The first-order valence-electron chi connectivity index (χ1n) is 7.15. The first-order valence-corrected chi connectivity index (χ1v) is 7.15. The van der Waals surface area contributed by atoms with Crippen LogP contribution in [0.5, 0.6) is 0 Å². The summed E-state index contributed by atoms with van der Waals surface area (Å²) >= 11 is 0. The Morgan fingerprint density at radius 2 is 1.59 bits per heavy atom. The largest absolute Gasteiger partial charge is 0.595 e. The zero-order valence-electron chi connectivity index (χ0n) is 12.0. The van der Waals surface area contributed by atoms with Gasteiger partial charge in [0.2, 0.25) is 0 Å². The Hall–Kier alpha value is -1.75.